The lowest BCUT2D eigenvalue weighted by molar-refractivity contribution is -0.142. The van der Waals surface area contributed by atoms with Crippen molar-refractivity contribution in [1.82, 2.24) is 15.1 Å². The van der Waals surface area contributed by atoms with E-state index in [2.05, 4.69) is 10.4 Å². The number of aryl methyl sites for hydroxylation is 1. The van der Waals surface area contributed by atoms with E-state index in [4.69, 9.17) is 9.84 Å². The maximum Gasteiger partial charge on any atom is 0.311 e. The number of carbonyl (C=O) groups excluding carboxylic acids is 1. The minimum atomic E-state index is -0.959. The molecule has 0 aliphatic carbocycles. The molecule has 0 saturated carbocycles. The first-order valence-electron chi connectivity index (χ1n) is 5.84. The highest BCUT2D eigenvalue weighted by Gasteiger charge is 2.34. The van der Waals surface area contributed by atoms with Crippen molar-refractivity contribution >= 4 is 18.0 Å². The van der Waals surface area contributed by atoms with Crippen molar-refractivity contribution in [3.63, 3.8) is 0 Å². The van der Waals surface area contributed by atoms with Crippen LogP contribution in [0.25, 0.3) is 6.08 Å². The molecule has 0 spiro atoms. The molecule has 102 valence electrons. The molecule has 1 amide bonds. The van der Waals surface area contributed by atoms with Crippen LogP contribution in [0.15, 0.2) is 18.5 Å². The number of nitrogens with one attached hydrogen (secondary N) is 1. The molecule has 1 aromatic heterocycles. The number of ether oxygens (including phenoxy) is 1. The molecular formula is C12H15N3O4. The van der Waals surface area contributed by atoms with Gasteiger partial charge in [-0.2, -0.15) is 5.10 Å². The summed E-state index contributed by atoms with van der Waals surface area (Å²) < 4.78 is 6.69. The summed E-state index contributed by atoms with van der Waals surface area (Å²) in [6, 6.07) is -0.483. The van der Waals surface area contributed by atoms with Gasteiger partial charge in [0.25, 0.3) is 0 Å². The highest BCUT2D eigenvalue weighted by atomic mass is 16.5. The van der Waals surface area contributed by atoms with E-state index in [9.17, 15) is 9.59 Å². The Morgan fingerprint density at radius 3 is 3.00 bits per heavy atom. The van der Waals surface area contributed by atoms with Gasteiger partial charge in [-0.3, -0.25) is 14.3 Å². The smallest absolute Gasteiger partial charge is 0.311 e. The van der Waals surface area contributed by atoms with Crippen LogP contribution in [0.1, 0.15) is 5.56 Å². The molecule has 1 saturated heterocycles. The number of carbonyl (C=O) groups is 2. The van der Waals surface area contributed by atoms with Gasteiger partial charge in [0.1, 0.15) is 5.92 Å². The van der Waals surface area contributed by atoms with Gasteiger partial charge >= 0.3 is 5.97 Å². The number of hydrogen-bond acceptors (Lipinski definition) is 4. The monoisotopic (exact) mass is 265 g/mol. The van der Waals surface area contributed by atoms with Crippen LogP contribution >= 0.6 is 0 Å². The Morgan fingerprint density at radius 2 is 2.37 bits per heavy atom. The number of rotatable bonds is 4. The molecule has 7 heteroatoms. The van der Waals surface area contributed by atoms with Gasteiger partial charge in [0.15, 0.2) is 0 Å². The molecular weight excluding hydrogens is 250 g/mol. The summed E-state index contributed by atoms with van der Waals surface area (Å²) >= 11 is 0. The first kappa shape index (κ1) is 13.3. The lowest BCUT2D eigenvalue weighted by Gasteiger charge is -2.13. The normalized spacial score (nSPS) is 22.8. The van der Waals surface area contributed by atoms with Gasteiger partial charge in [-0.15, -0.1) is 0 Å². The van der Waals surface area contributed by atoms with Crippen molar-refractivity contribution in [3.05, 3.63) is 24.0 Å². The van der Waals surface area contributed by atoms with E-state index in [1.807, 2.05) is 0 Å². The second kappa shape index (κ2) is 5.66. The predicted molar refractivity (Wildman–Crippen MR) is 66.1 cm³/mol. The summed E-state index contributed by atoms with van der Waals surface area (Å²) in [6.45, 7) is 0.357. The summed E-state index contributed by atoms with van der Waals surface area (Å²) in [4.78, 5) is 22.6. The summed E-state index contributed by atoms with van der Waals surface area (Å²) in [6.07, 6.45) is 6.37. The summed E-state index contributed by atoms with van der Waals surface area (Å²) in [7, 11) is 1.78. The topological polar surface area (TPSA) is 93.5 Å². The standard InChI is InChI=1S/C12H15N3O4/c1-15-5-8(4-13-15)2-3-11(16)14-10-7-19-6-9(10)12(17)18/h2-5,9-10H,6-7H2,1H3,(H,14,16)(H,17,18). The molecule has 1 fully saturated rings. The van der Waals surface area contributed by atoms with Crippen LogP contribution in [0.3, 0.4) is 0 Å². The first-order valence-corrected chi connectivity index (χ1v) is 5.84. The molecule has 1 aliphatic rings. The molecule has 2 unspecified atom stereocenters. The Balaban J connectivity index is 1.90. The second-order valence-corrected chi connectivity index (χ2v) is 4.38. The van der Waals surface area contributed by atoms with Gasteiger partial charge in [-0.1, -0.05) is 0 Å². The van der Waals surface area contributed by atoms with Crippen molar-refractivity contribution in [2.75, 3.05) is 13.2 Å². The third-order valence-electron chi connectivity index (χ3n) is 2.88. The van der Waals surface area contributed by atoms with Gasteiger partial charge in [0.05, 0.1) is 25.5 Å². The third-order valence-corrected chi connectivity index (χ3v) is 2.88. The number of carboxylic acid groups (broad SMARTS) is 1. The van der Waals surface area contributed by atoms with E-state index in [0.29, 0.717) is 0 Å². The van der Waals surface area contributed by atoms with Gasteiger partial charge in [0.2, 0.25) is 5.91 Å². The number of aliphatic carboxylic acids is 1. The fourth-order valence-electron chi connectivity index (χ4n) is 1.87. The number of amides is 1. The Hall–Kier alpha value is -2.15. The maximum atomic E-state index is 11.7. The molecule has 1 aliphatic heterocycles. The van der Waals surface area contributed by atoms with E-state index in [-0.39, 0.29) is 19.1 Å². The summed E-state index contributed by atoms with van der Waals surface area (Å²) in [5.74, 6) is -1.99. The zero-order valence-corrected chi connectivity index (χ0v) is 10.4. The molecule has 2 atom stereocenters. The zero-order valence-electron chi connectivity index (χ0n) is 10.4. The molecule has 2 N–H and O–H groups in total. The lowest BCUT2D eigenvalue weighted by atomic mass is 10.0. The molecule has 0 radical (unpaired) electrons. The second-order valence-electron chi connectivity index (χ2n) is 4.38. The lowest BCUT2D eigenvalue weighted by Crippen LogP contribution is -2.41. The Labute approximate surface area is 109 Å². The highest BCUT2D eigenvalue weighted by molar-refractivity contribution is 5.92. The third kappa shape index (κ3) is 3.41. The van der Waals surface area contributed by atoms with E-state index in [0.717, 1.165) is 5.56 Å². The largest absolute Gasteiger partial charge is 0.481 e. The average Bonchev–Trinajstić information content (AvgIpc) is 2.95. The van der Waals surface area contributed by atoms with Gasteiger partial charge in [-0.25, -0.2) is 0 Å². The molecule has 19 heavy (non-hydrogen) atoms. The SMILES string of the molecule is Cn1cc(C=CC(=O)NC2COCC2C(=O)O)cn1. The van der Waals surface area contributed by atoms with E-state index in [1.165, 1.54) is 6.08 Å². The molecule has 0 aromatic carbocycles. The summed E-state index contributed by atoms with van der Waals surface area (Å²) in [5.41, 5.74) is 0.801. The highest BCUT2D eigenvalue weighted by Crippen LogP contribution is 2.13. The van der Waals surface area contributed by atoms with Crippen molar-refractivity contribution < 1.29 is 19.4 Å². The van der Waals surface area contributed by atoms with Crippen molar-refractivity contribution in [2.24, 2.45) is 13.0 Å². The minimum Gasteiger partial charge on any atom is -0.481 e. The maximum absolute atomic E-state index is 11.7. The number of aromatic nitrogens is 2. The Morgan fingerprint density at radius 1 is 1.58 bits per heavy atom. The number of carboxylic acids is 1. The van der Waals surface area contributed by atoms with Gasteiger partial charge < -0.3 is 15.2 Å². The van der Waals surface area contributed by atoms with E-state index >= 15 is 0 Å². The van der Waals surface area contributed by atoms with Crippen molar-refractivity contribution in [3.8, 4) is 0 Å². The Bertz CT molecular complexity index is 509. The Kier molecular flexibility index (Phi) is 3.96. The van der Waals surface area contributed by atoms with Gasteiger partial charge in [-0.05, 0) is 6.08 Å². The van der Waals surface area contributed by atoms with Crippen molar-refractivity contribution in [1.29, 1.82) is 0 Å². The van der Waals surface area contributed by atoms with E-state index in [1.54, 1.807) is 30.2 Å². The average molecular weight is 265 g/mol. The first-order chi connectivity index (χ1) is 9.06. The fraction of sp³-hybridized carbons (Fsp3) is 0.417. The van der Waals surface area contributed by atoms with Crippen LogP contribution in [0.2, 0.25) is 0 Å². The van der Waals surface area contributed by atoms with Crippen LogP contribution < -0.4 is 5.32 Å². The fourth-order valence-corrected chi connectivity index (χ4v) is 1.87. The van der Waals surface area contributed by atoms with Crippen LogP contribution in [-0.4, -0.2) is 46.0 Å². The number of nitrogens with zero attached hydrogens (tertiary/aromatic N) is 2. The molecule has 0 bridgehead atoms. The van der Waals surface area contributed by atoms with E-state index < -0.39 is 17.9 Å². The molecule has 2 rings (SSSR count). The molecule has 1 aromatic rings. The zero-order chi connectivity index (χ0) is 13.8. The van der Waals surface area contributed by atoms with Gasteiger partial charge in [0, 0.05) is 24.9 Å². The summed E-state index contributed by atoms with van der Waals surface area (Å²) in [5, 5.41) is 15.5. The van der Waals surface area contributed by atoms with Crippen LogP contribution in [0.4, 0.5) is 0 Å². The molecule has 7 nitrogen and oxygen atoms in total. The quantitative estimate of drug-likeness (QED) is 0.726. The number of hydrogen-bond donors (Lipinski definition) is 2. The van der Waals surface area contributed by atoms with Crippen LogP contribution in [0.5, 0.6) is 0 Å². The molecule has 2 heterocycles. The van der Waals surface area contributed by atoms with Crippen LogP contribution in [-0.2, 0) is 21.4 Å². The van der Waals surface area contributed by atoms with Crippen LogP contribution in [0, 0.1) is 5.92 Å². The predicted octanol–water partition coefficient (Wildman–Crippen LogP) is -0.351. The minimum absolute atomic E-state index is 0.132. The van der Waals surface area contributed by atoms with Crippen molar-refractivity contribution in [2.45, 2.75) is 6.04 Å².